The van der Waals surface area contributed by atoms with Crippen LogP contribution in [0.4, 0.5) is 5.69 Å². The number of hydrogen-bond donors (Lipinski definition) is 1. The highest BCUT2D eigenvalue weighted by molar-refractivity contribution is 9.13. The van der Waals surface area contributed by atoms with Crippen LogP contribution in [0, 0.1) is 17.8 Å². The van der Waals surface area contributed by atoms with Crippen LogP contribution in [0.2, 0.25) is 0 Å². The molecule has 1 aliphatic heterocycles. The zero-order valence-electron chi connectivity index (χ0n) is 28.2. The first-order valence-corrected chi connectivity index (χ1v) is 17.9. The number of anilines is 1. The number of ketones is 2. The van der Waals surface area contributed by atoms with E-state index in [0.717, 1.165) is 16.7 Å². The first-order chi connectivity index (χ1) is 24.5. The van der Waals surface area contributed by atoms with Crippen LogP contribution in [-0.4, -0.2) is 49.8 Å². The van der Waals surface area contributed by atoms with Gasteiger partial charge in [0.25, 0.3) is 0 Å². The fourth-order valence-electron chi connectivity index (χ4n) is 7.86. The zero-order chi connectivity index (χ0) is 36.3. The summed E-state index contributed by atoms with van der Waals surface area (Å²) in [6, 6.07) is 14.4. The second-order valence-electron chi connectivity index (χ2n) is 12.9. The summed E-state index contributed by atoms with van der Waals surface area (Å²) in [4.78, 5) is 57.1. The van der Waals surface area contributed by atoms with Crippen molar-refractivity contribution in [3.63, 3.8) is 0 Å². The summed E-state index contributed by atoms with van der Waals surface area (Å²) in [5.41, 5.74) is 4.55. The molecule has 2 amide bonds. The van der Waals surface area contributed by atoms with Crippen molar-refractivity contribution in [2.75, 3.05) is 26.2 Å². The molecule has 0 aromatic heterocycles. The smallest absolute Gasteiger partial charge is 0.238 e. The van der Waals surface area contributed by atoms with Gasteiger partial charge in [-0.05, 0) is 111 Å². The minimum Gasteiger partial charge on any atom is -0.503 e. The number of benzene rings is 3. The van der Waals surface area contributed by atoms with Gasteiger partial charge in [-0.15, -0.1) is 0 Å². The van der Waals surface area contributed by atoms with Crippen LogP contribution < -0.4 is 19.1 Å². The largest absolute Gasteiger partial charge is 0.503 e. The Bertz CT molecular complexity index is 2160. The fourth-order valence-corrected chi connectivity index (χ4v) is 8.81. The average molecular weight is 816 g/mol. The number of methoxy groups -OCH3 is 3. The van der Waals surface area contributed by atoms with E-state index in [0.29, 0.717) is 54.8 Å². The van der Waals surface area contributed by atoms with Crippen LogP contribution in [0.5, 0.6) is 23.0 Å². The number of halogens is 2. The minimum absolute atomic E-state index is 0.122. The summed E-state index contributed by atoms with van der Waals surface area (Å²) in [6.07, 6.45) is 7.59. The van der Waals surface area contributed by atoms with Gasteiger partial charge in [0.1, 0.15) is 11.5 Å². The number of amides is 2. The number of phenols is 1. The van der Waals surface area contributed by atoms with Crippen molar-refractivity contribution in [3.8, 4) is 23.0 Å². The third kappa shape index (κ3) is 5.67. The van der Waals surface area contributed by atoms with Gasteiger partial charge in [0.15, 0.2) is 23.1 Å². The number of carbonyl (C=O) groups is 4. The second-order valence-corrected chi connectivity index (χ2v) is 14.5. The quantitative estimate of drug-likeness (QED) is 0.111. The number of aromatic hydroxyl groups is 1. The molecule has 3 aliphatic carbocycles. The van der Waals surface area contributed by atoms with Gasteiger partial charge < -0.3 is 19.3 Å². The predicted octanol–water partition coefficient (Wildman–Crippen LogP) is 7.75. The van der Waals surface area contributed by atoms with Gasteiger partial charge in [-0.2, -0.15) is 0 Å². The molecular formula is C40H33Br2NO8. The molecule has 3 aromatic carbocycles. The monoisotopic (exact) mass is 813 g/mol. The number of fused-ring (bicyclic) bond motifs is 3. The number of allylic oxidation sites excluding steroid dienone is 6. The van der Waals surface area contributed by atoms with E-state index in [1.165, 1.54) is 18.1 Å². The summed E-state index contributed by atoms with van der Waals surface area (Å²) >= 11 is 7.04. The first kappa shape index (κ1) is 34.7. The lowest BCUT2D eigenvalue weighted by atomic mass is 9.59. The van der Waals surface area contributed by atoms with Crippen LogP contribution in [-0.2, 0) is 19.2 Å². The molecule has 4 atom stereocenters. The van der Waals surface area contributed by atoms with Gasteiger partial charge in [0.2, 0.25) is 11.8 Å². The van der Waals surface area contributed by atoms with Gasteiger partial charge >= 0.3 is 0 Å². The summed E-state index contributed by atoms with van der Waals surface area (Å²) < 4.78 is 17.1. The van der Waals surface area contributed by atoms with Crippen LogP contribution >= 0.6 is 31.9 Å². The Morgan fingerprint density at radius 2 is 1.57 bits per heavy atom. The Kier molecular flexibility index (Phi) is 9.14. The highest BCUT2D eigenvalue weighted by Gasteiger charge is 2.57. The molecule has 0 saturated carbocycles. The molecule has 1 N–H and O–H groups in total. The summed E-state index contributed by atoms with van der Waals surface area (Å²) in [7, 11) is 4.63. The van der Waals surface area contributed by atoms with Gasteiger partial charge in [-0.1, -0.05) is 35.9 Å². The number of carbonyl (C=O) groups excluding carboxylic acids is 4. The van der Waals surface area contributed by atoms with Gasteiger partial charge in [-0.3, -0.25) is 24.1 Å². The number of imide groups is 1. The lowest BCUT2D eigenvalue weighted by Crippen LogP contribution is -2.40. The van der Waals surface area contributed by atoms with Gasteiger partial charge in [-0.25, -0.2) is 0 Å². The Hall–Kier alpha value is -4.74. The summed E-state index contributed by atoms with van der Waals surface area (Å²) in [5.74, 6) is -2.29. The standard InChI is InChI=1S/C40H33Br2NO8/c1-19-15-29(44)34-28(37(19)45)17-26-24(32(34)27-18-31(51-4)38(46)36(42)35(27)41)12-13-25-33(26)40(48)43(39(25)47)22-9-6-20(7-10-22)5-8-21-16-23(49-2)11-14-30(21)50-3/h5-12,14-16,18,25-26,32-33,46H,13,17H2,1-4H3. The maximum absolute atomic E-state index is 14.4. The van der Waals surface area contributed by atoms with Crippen molar-refractivity contribution < 1.29 is 38.5 Å². The number of hydrogen-bond acceptors (Lipinski definition) is 8. The van der Waals surface area contributed by atoms with E-state index in [4.69, 9.17) is 14.2 Å². The SMILES string of the molecule is COc1ccc(OC)c(C=Cc2ccc(N3C(=O)C4CC=C5C(c6cc(OC)c(O)c(Br)c6Br)C6=C(CC5C4C3=O)C(=O)C(C)=CC6=O)cc2)c1. The number of nitrogens with zero attached hydrogens (tertiary/aromatic N) is 1. The van der Waals surface area contributed by atoms with Crippen LogP contribution in [0.25, 0.3) is 12.2 Å². The number of ether oxygens (including phenoxy) is 3. The molecule has 0 bridgehead atoms. The summed E-state index contributed by atoms with van der Waals surface area (Å²) in [5, 5.41) is 10.7. The Morgan fingerprint density at radius 3 is 2.25 bits per heavy atom. The maximum Gasteiger partial charge on any atom is 0.238 e. The molecular weight excluding hydrogens is 782 g/mol. The van der Waals surface area contributed by atoms with E-state index < -0.39 is 23.7 Å². The molecule has 0 radical (unpaired) electrons. The second kappa shape index (κ2) is 13.4. The third-order valence-electron chi connectivity index (χ3n) is 10.3. The van der Waals surface area contributed by atoms with Crippen molar-refractivity contribution >= 4 is 73.1 Å². The van der Waals surface area contributed by atoms with E-state index in [9.17, 15) is 24.3 Å². The molecule has 7 rings (SSSR count). The lowest BCUT2D eigenvalue weighted by Gasteiger charge is -2.42. The van der Waals surface area contributed by atoms with E-state index in [1.807, 2.05) is 48.6 Å². The third-order valence-corrected chi connectivity index (χ3v) is 12.5. The fraction of sp³-hybridized carbons (Fsp3) is 0.250. The molecule has 4 aliphatic rings. The number of rotatable bonds is 7. The molecule has 1 heterocycles. The molecule has 260 valence electrons. The first-order valence-electron chi connectivity index (χ1n) is 16.3. The highest BCUT2D eigenvalue weighted by atomic mass is 79.9. The van der Waals surface area contributed by atoms with Gasteiger partial charge in [0.05, 0.1) is 43.3 Å². The van der Waals surface area contributed by atoms with E-state index in [-0.39, 0.29) is 41.3 Å². The van der Waals surface area contributed by atoms with Crippen LogP contribution in [0.1, 0.15) is 42.4 Å². The average Bonchev–Trinajstić information content (AvgIpc) is 3.40. The molecule has 51 heavy (non-hydrogen) atoms. The van der Waals surface area contributed by atoms with Crippen molar-refractivity contribution in [3.05, 3.63) is 109 Å². The lowest BCUT2D eigenvalue weighted by molar-refractivity contribution is -0.123. The van der Waals surface area contributed by atoms with Crippen LogP contribution in [0.15, 0.2) is 91.9 Å². The normalized spacial score (nSPS) is 22.8. The predicted molar refractivity (Wildman–Crippen MR) is 199 cm³/mol. The minimum atomic E-state index is -0.732. The summed E-state index contributed by atoms with van der Waals surface area (Å²) in [6.45, 7) is 1.61. The highest BCUT2D eigenvalue weighted by Crippen LogP contribution is 2.57. The maximum atomic E-state index is 14.4. The van der Waals surface area contributed by atoms with Gasteiger partial charge in [0, 0.05) is 32.7 Å². The Labute approximate surface area is 311 Å². The van der Waals surface area contributed by atoms with Crippen LogP contribution in [0.3, 0.4) is 0 Å². The van der Waals surface area contributed by atoms with Crippen molar-refractivity contribution in [2.24, 2.45) is 17.8 Å². The Morgan fingerprint density at radius 1 is 0.843 bits per heavy atom. The molecule has 1 saturated heterocycles. The topological polar surface area (TPSA) is 119 Å². The molecule has 4 unspecified atom stereocenters. The van der Waals surface area contributed by atoms with Crippen molar-refractivity contribution in [1.29, 1.82) is 0 Å². The van der Waals surface area contributed by atoms with Crippen molar-refractivity contribution in [2.45, 2.75) is 25.7 Å². The molecule has 3 aromatic rings. The molecule has 1 fully saturated rings. The van der Waals surface area contributed by atoms with E-state index in [2.05, 4.69) is 31.9 Å². The number of phenolic OH excluding ortho intramolecular Hbond substituents is 1. The molecule has 0 spiro atoms. The van der Waals surface area contributed by atoms with Crippen molar-refractivity contribution in [1.82, 2.24) is 0 Å². The Balaban J connectivity index is 1.24. The number of Topliss-reactive ketones (excluding diaryl/α,β-unsaturated/α-hetero) is 1. The zero-order valence-corrected chi connectivity index (χ0v) is 31.3. The molecule has 11 heteroatoms. The van der Waals surface area contributed by atoms with E-state index in [1.54, 1.807) is 39.3 Å². The molecule has 9 nitrogen and oxygen atoms in total. The van der Waals surface area contributed by atoms with E-state index >= 15 is 0 Å².